The second-order valence-electron chi connectivity index (χ2n) is 4.23. The fraction of sp³-hybridized carbons (Fsp3) is 0.909. The van der Waals surface area contributed by atoms with Crippen molar-refractivity contribution in [2.75, 3.05) is 19.3 Å². The molecule has 102 valence electrons. The Hall–Kier alpha value is -0.620. The predicted octanol–water partition coefficient (Wildman–Crippen LogP) is 0.963. The van der Waals surface area contributed by atoms with Gasteiger partial charge in [-0.25, -0.2) is 8.42 Å². The Morgan fingerprint density at radius 1 is 1.35 bits per heavy atom. The summed E-state index contributed by atoms with van der Waals surface area (Å²) in [7, 11) is -3.20. The van der Waals surface area contributed by atoms with Gasteiger partial charge in [0.1, 0.15) is 0 Å². The summed E-state index contributed by atoms with van der Waals surface area (Å²) < 4.78 is 24.5. The minimum absolute atomic E-state index is 0.0231. The van der Waals surface area contributed by atoms with Crippen molar-refractivity contribution in [3.8, 4) is 0 Å². The molecule has 0 aliphatic rings. The van der Waals surface area contributed by atoms with Gasteiger partial charge >= 0.3 is 0 Å². The normalized spacial score (nSPS) is 13.7. The van der Waals surface area contributed by atoms with Crippen LogP contribution in [0.25, 0.3) is 0 Å². The van der Waals surface area contributed by atoms with E-state index in [0.717, 1.165) is 12.8 Å². The van der Waals surface area contributed by atoms with Gasteiger partial charge < -0.3 is 5.32 Å². The number of carbonyl (C=O) groups is 1. The van der Waals surface area contributed by atoms with Crippen molar-refractivity contribution in [2.45, 2.75) is 46.1 Å². The zero-order chi connectivity index (χ0) is 13.5. The van der Waals surface area contributed by atoms with E-state index in [-0.39, 0.29) is 11.9 Å². The number of hydrogen-bond donors (Lipinski definition) is 1. The van der Waals surface area contributed by atoms with Gasteiger partial charge in [0, 0.05) is 25.6 Å². The molecule has 0 fully saturated rings. The van der Waals surface area contributed by atoms with E-state index in [4.69, 9.17) is 0 Å². The Bertz CT molecular complexity index is 328. The van der Waals surface area contributed by atoms with Crippen molar-refractivity contribution in [2.24, 2.45) is 0 Å². The summed E-state index contributed by atoms with van der Waals surface area (Å²) in [5.74, 6) is -0.0231. The molecular weight excluding hydrogens is 240 g/mol. The first-order valence-corrected chi connectivity index (χ1v) is 7.91. The lowest BCUT2D eigenvalue weighted by Crippen LogP contribution is -2.42. The van der Waals surface area contributed by atoms with Crippen LogP contribution in [0.1, 0.15) is 40.0 Å². The number of amides is 1. The highest BCUT2D eigenvalue weighted by Crippen LogP contribution is 2.07. The SMILES string of the molecule is CCCC(=O)NCCN(C(C)CC)S(C)(=O)=O. The summed E-state index contributed by atoms with van der Waals surface area (Å²) in [5.41, 5.74) is 0. The topological polar surface area (TPSA) is 66.5 Å². The lowest BCUT2D eigenvalue weighted by atomic mass is 10.2. The van der Waals surface area contributed by atoms with Gasteiger partial charge in [0.15, 0.2) is 0 Å². The molecular formula is C11H24N2O3S. The van der Waals surface area contributed by atoms with Crippen molar-refractivity contribution in [3.05, 3.63) is 0 Å². The zero-order valence-corrected chi connectivity index (χ0v) is 12.0. The predicted molar refractivity (Wildman–Crippen MR) is 69.2 cm³/mol. The van der Waals surface area contributed by atoms with Gasteiger partial charge in [0.2, 0.25) is 15.9 Å². The van der Waals surface area contributed by atoms with Gasteiger partial charge in [-0.15, -0.1) is 0 Å². The van der Waals surface area contributed by atoms with Crippen LogP contribution < -0.4 is 5.32 Å². The fourth-order valence-corrected chi connectivity index (χ4v) is 2.76. The summed E-state index contributed by atoms with van der Waals surface area (Å²) in [6, 6.07) is -0.0342. The molecule has 0 saturated carbocycles. The molecule has 17 heavy (non-hydrogen) atoms. The van der Waals surface area contributed by atoms with E-state index in [1.165, 1.54) is 10.6 Å². The Morgan fingerprint density at radius 3 is 2.35 bits per heavy atom. The summed E-state index contributed by atoms with van der Waals surface area (Å²) in [6.07, 6.45) is 3.25. The third kappa shape index (κ3) is 6.63. The van der Waals surface area contributed by atoms with Crippen LogP contribution in [0.4, 0.5) is 0 Å². The molecule has 1 N–H and O–H groups in total. The molecule has 0 radical (unpaired) electrons. The van der Waals surface area contributed by atoms with E-state index < -0.39 is 10.0 Å². The van der Waals surface area contributed by atoms with Gasteiger partial charge in [-0.05, 0) is 19.8 Å². The Labute approximate surface area is 105 Å². The van der Waals surface area contributed by atoms with E-state index in [1.54, 1.807) is 0 Å². The van der Waals surface area contributed by atoms with Crippen molar-refractivity contribution in [1.29, 1.82) is 0 Å². The minimum Gasteiger partial charge on any atom is -0.355 e. The maximum absolute atomic E-state index is 11.5. The molecule has 0 aromatic heterocycles. The summed E-state index contributed by atoms with van der Waals surface area (Å²) >= 11 is 0. The fourth-order valence-electron chi connectivity index (χ4n) is 1.54. The van der Waals surface area contributed by atoms with Gasteiger partial charge in [-0.2, -0.15) is 4.31 Å². The quantitative estimate of drug-likeness (QED) is 0.710. The highest BCUT2D eigenvalue weighted by Gasteiger charge is 2.21. The first kappa shape index (κ1) is 16.4. The average molecular weight is 264 g/mol. The zero-order valence-electron chi connectivity index (χ0n) is 11.2. The van der Waals surface area contributed by atoms with Crippen molar-refractivity contribution in [1.82, 2.24) is 9.62 Å². The molecule has 0 spiro atoms. The molecule has 0 saturated heterocycles. The third-order valence-electron chi connectivity index (χ3n) is 2.64. The minimum atomic E-state index is -3.20. The summed E-state index contributed by atoms with van der Waals surface area (Å²) in [6.45, 7) is 6.45. The molecule has 0 aromatic rings. The first-order valence-electron chi connectivity index (χ1n) is 6.06. The van der Waals surface area contributed by atoms with Crippen LogP contribution in [0.15, 0.2) is 0 Å². The second-order valence-corrected chi connectivity index (χ2v) is 6.17. The largest absolute Gasteiger partial charge is 0.355 e. The van der Waals surface area contributed by atoms with Crippen LogP contribution in [-0.4, -0.2) is 44.0 Å². The molecule has 0 rings (SSSR count). The van der Waals surface area contributed by atoms with E-state index in [0.29, 0.717) is 19.5 Å². The number of hydrogen-bond acceptors (Lipinski definition) is 3. The van der Waals surface area contributed by atoms with Gasteiger partial charge in [-0.1, -0.05) is 13.8 Å². The van der Waals surface area contributed by atoms with Crippen molar-refractivity contribution >= 4 is 15.9 Å². The number of sulfonamides is 1. The molecule has 6 heteroatoms. The molecule has 0 aromatic carbocycles. The first-order chi connectivity index (χ1) is 7.82. The monoisotopic (exact) mass is 264 g/mol. The van der Waals surface area contributed by atoms with Crippen LogP contribution in [0.2, 0.25) is 0 Å². The van der Waals surface area contributed by atoms with E-state index in [2.05, 4.69) is 5.32 Å². The summed E-state index contributed by atoms with van der Waals surface area (Å²) in [4.78, 5) is 11.2. The average Bonchev–Trinajstić information content (AvgIpc) is 2.22. The van der Waals surface area contributed by atoms with Crippen molar-refractivity contribution < 1.29 is 13.2 Å². The van der Waals surface area contributed by atoms with Gasteiger partial charge in [0.05, 0.1) is 6.26 Å². The molecule has 0 aliphatic carbocycles. The highest BCUT2D eigenvalue weighted by atomic mass is 32.2. The highest BCUT2D eigenvalue weighted by molar-refractivity contribution is 7.88. The van der Waals surface area contributed by atoms with E-state index in [1.807, 2.05) is 20.8 Å². The third-order valence-corrected chi connectivity index (χ3v) is 4.03. The number of nitrogens with one attached hydrogen (secondary N) is 1. The standard InChI is InChI=1S/C11H24N2O3S/c1-5-7-11(14)12-8-9-13(10(3)6-2)17(4,15)16/h10H,5-9H2,1-4H3,(H,12,14). The maximum Gasteiger partial charge on any atom is 0.220 e. The van der Waals surface area contributed by atoms with Crippen LogP contribution in [0, 0.1) is 0 Å². The van der Waals surface area contributed by atoms with E-state index >= 15 is 0 Å². The number of carbonyl (C=O) groups excluding carboxylic acids is 1. The summed E-state index contributed by atoms with van der Waals surface area (Å²) in [5, 5.41) is 2.72. The van der Waals surface area contributed by atoms with Crippen molar-refractivity contribution in [3.63, 3.8) is 0 Å². The Balaban J connectivity index is 4.24. The molecule has 5 nitrogen and oxygen atoms in total. The molecule has 1 unspecified atom stereocenters. The molecule has 0 bridgehead atoms. The van der Waals surface area contributed by atoms with Crippen LogP contribution in [0.3, 0.4) is 0 Å². The van der Waals surface area contributed by atoms with Gasteiger partial charge in [0.25, 0.3) is 0 Å². The number of nitrogens with zero attached hydrogens (tertiary/aromatic N) is 1. The lowest BCUT2D eigenvalue weighted by Gasteiger charge is -2.25. The van der Waals surface area contributed by atoms with Crippen LogP contribution >= 0.6 is 0 Å². The number of rotatable bonds is 8. The lowest BCUT2D eigenvalue weighted by molar-refractivity contribution is -0.121. The Morgan fingerprint density at radius 2 is 1.94 bits per heavy atom. The molecule has 0 aliphatic heterocycles. The molecule has 0 heterocycles. The van der Waals surface area contributed by atoms with Crippen LogP contribution in [0.5, 0.6) is 0 Å². The smallest absolute Gasteiger partial charge is 0.220 e. The van der Waals surface area contributed by atoms with Crippen LogP contribution in [-0.2, 0) is 14.8 Å². The molecule has 1 amide bonds. The Kier molecular flexibility index (Phi) is 7.38. The van der Waals surface area contributed by atoms with E-state index in [9.17, 15) is 13.2 Å². The van der Waals surface area contributed by atoms with Gasteiger partial charge in [-0.3, -0.25) is 4.79 Å². The maximum atomic E-state index is 11.5. The second kappa shape index (κ2) is 7.66. The molecule has 1 atom stereocenters.